The topological polar surface area (TPSA) is 38.8 Å². The summed E-state index contributed by atoms with van der Waals surface area (Å²) in [5, 5.41) is 0. The number of carbonyl (C=O) groups is 1. The van der Waals surface area contributed by atoms with Crippen molar-refractivity contribution in [2.45, 2.75) is 38.5 Å². The van der Waals surface area contributed by atoms with Gasteiger partial charge in [-0.1, -0.05) is 31.2 Å². The molecule has 2 saturated heterocycles. The average molecular weight is 331 g/mol. The summed E-state index contributed by atoms with van der Waals surface area (Å²) in [4.78, 5) is 15.7. The SMILES string of the molecule is COCC1(C)CCN(C(=O)C2(c3ccccc3C)CCOCC2)C1. The van der Waals surface area contributed by atoms with Crippen LogP contribution in [0.15, 0.2) is 24.3 Å². The number of likely N-dealkylation sites (tertiary alicyclic amines) is 1. The van der Waals surface area contributed by atoms with Crippen LogP contribution in [0, 0.1) is 12.3 Å². The molecule has 1 amide bonds. The Morgan fingerprint density at radius 3 is 2.62 bits per heavy atom. The van der Waals surface area contributed by atoms with Gasteiger partial charge >= 0.3 is 0 Å². The van der Waals surface area contributed by atoms with Gasteiger partial charge in [0.1, 0.15) is 0 Å². The zero-order valence-electron chi connectivity index (χ0n) is 15.1. The standard InChI is InChI=1S/C20H29NO3/c1-16-6-4-5-7-17(16)20(9-12-24-13-10-20)18(22)21-11-8-19(2,14-21)15-23-3/h4-7H,8-15H2,1-3H3. The van der Waals surface area contributed by atoms with Crippen LogP contribution in [0.1, 0.15) is 37.3 Å². The van der Waals surface area contributed by atoms with Gasteiger partial charge in [0.05, 0.1) is 12.0 Å². The molecule has 0 radical (unpaired) electrons. The average Bonchev–Trinajstić information content (AvgIpc) is 2.97. The number of benzene rings is 1. The summed E-state index contributed by atoms with van der Waals surface area (Å²) in [6.07, 6.45) is 2.55. The minimum Gasteiger partial charge on any atom is -0.384 e. The van der Waals surface area contributed by atoms with Gasteiger partial charge in [-0.05, 0) is 37.3 Å². The van der Waals surface area contributed by atoms with E-state index < -0.39 is 5.41 Å². The first-order chi connectivity index (χ1) is 11.5. The zero-order valence-corrected chi connectivity index (χ0v) is 15.1. The summed E-state index contributed by atoms with van der Waals surface area (Å²) in [6, 6.07) is 8.33. The highest BCUT2D eigenvalue weighted by Crippen LogP contribution is 2.41. The Bertz CT molecular complexity index is 594. The van der Waals surface area contributed by atoms with Gasteiger partial charge in [0, 0.05) is 38.8 Å². The van der Waals surface area contributed by atoms with Crippen LogP contribution in [-0.2, 0) is 19.7 Å². The van der Waals surface area contributed by atoms with Gasteiger partial charge < -0.3 is 14.4 Å². The number of nitrogens with zero attached hydrogens (tertiary/aromatic N) is 1. The van der Waals surface area contributed by atoms with E-state index in [9.17, 15) is 4.79 Å². The Morgan fingerprint density at radius 2 is 1.96 bits per heavy atom. The van der Waals surface area contributed by atoms with E-state index in [2.05, 4.69) is 30.9 Å². The van der Waals surface area contributed by atoms with Gasteiger partial charge in [-0.2, -0.15) is 0 Å². The Hall–Kier alpha value is -1.39. The number of rotatable bonds is 4. The van der Waals surface area contributed by atoms with E-state index in [1.54, 1.807) is 7.11 Å². The zero-order chi connectivity index (χ0) is 17.2. The summed E-state index contributed by atoms with van der Waals surface area (Å²) >= 11 is 0. The molecule has 4 heteroatoms. The van der Waals surface area contributed by atoms with Gasteiger partial charge in [0.15, 0.2) is 0 Å². The summed E-state index contributed by atoms with van der Waals surface area (Å²) in [5.41, 5.74) is 2.02. The molecule has 0 N–H and O–H groups in total. The molecule has 0 aliphatic carbocycles. The van der Waals surface area contributed by atoms with Gasteiger partial charge in [-0.25, -0.2) is 0 Å². The third kappa shape index (κ3) is 3.09. The van der Waals surface area contributed by atoms with E-state index in [-0.39, 0.29) is 11.3 Å². The van der Waals surface area contributed by atoms with E-state index in [0.29, 0.717) is 19.8 Å². The van der Waals surface area contributed by atoms with Crippen molar-refractivity contribution in [1.82, 2.24) is 4.90 Å². The van der Waals surface area contributed by atoms with Gasteiger partial charge in [0.25, 0.3) is 0 Å². The van der Waals surface area contributed by atoms with Crippen LogP contribution in [-0.4, -0.2) is 50.8 Å². The fourth-order valence-corrected chi connectivity index (χ4v) is 4.39. The maximum absolute atomic E-state index is 13.6. The number of aryl methyl sites for hydroxylation is 1. The molecule has 0 bridgehead atoms. The van der Waals surface area contributed by atoms with Crippen molar-refractivity contribution in [2.75, 3.05) is 40.0 Å². The highest BCUT2D eigenvalue weighted by Gasteiger charge is 2.47. The van der Waals surface area contributed by atoms with E-state index in [0.717, 1.165) is 32.4 Å². The Labute approximate surface area is 145 Å². The van der Waals surface area contributed by atoms with Gasteiger partial charge in [-0.3, -0.25) is 4.79 Å². The van der Waals surface area contributed by atoms with Gasteiger partial charge in [0.2, 0.25) is 5.91 Å². The lowest BCUT2D eigenvalue weighted by Crippen LogP contribution is -2.50. The first kappa shape index (κ1) is 17.4. The first-order valence-corrected chi connectivity index (χ1v) is 8.93. The minimum absolute atomic E-state index is 0.0719. The van der Waals surface area contributed by atoms with Gasteiger partial charge in [-0.15, -0.1) is 0 Å². The Balaban J connectivity index is 1.90. The lowest BCUT2D eigenvalue weighted by molar-refractivity contribution is -0.140. The van der Waals surface area contributed by atoms with Crippen LogP contribution in [0.2, 0.25) is 0 Å². The van der Waals surface area contributed by atoms with E-state index in [4.69, 9.17) is 9.47 Å². The fraction of sp³-hybridized carbons (Fsp3) is 0.650. The molecule has 2 aliphatic rings. The predicted molar refractivity (Wildman–Crippen MR) is 94.1 cm³/mol. The summed E-state index contributed by atoms with van der Waals surface area (Å²) in [7, 11) is 1.74. The number of methoxy groups -OCH3 is 1. The Morgan fingerprint density at radius 1 is 1.25 bits per heavy atom. The molecule has 24 heavy (non-hydrogen) atoms. The molecular formula is C20H29NO3. The van der Waals surface area contributed by atoms with Crippen molar-refractivity contribution in [3.05, 3.63) is 35.4 Å². The lowest BCUT2D eigenvalue weighted by Gasteiger charge is -2.40. The molecule has 1 atom stereocenters. The molecule has 1 aromatic carbocycles. The second-order valence-electron chi connectivity index (χ2n) is 7.73. The van der Waals surface area contributed by atoms with Crippen molar-refractivity contribution >= 4 is 5.91 Å². The van der Waals surface area contributed by atoms with Crippen molar-refractivity contribution in [3.63, 3.8) is 0 Å². The minimum atomic E-state index is -0.429. The normalized spacial score (nSPS) is 26.5. The van der Waals surface area contributed by atoms with Crippen LogP contribution >= 0.6 is 0 Å². The number of hydrogen-bond acceptors (Lipinski definition) is 3. The third-order valence-corrected chi connectivity index (χ3v) is 5.75. The van der Waals surface area contributed by atoms with E-state index >= 15 is 0 Å². The van der Waals surface area contributed by atoms with Crippen LogP contribution in [0.5, 0.6) is 0 Å². The summed E-state index contributed by atoms with van der Waals surface area (Å²) in [6.45, 7) is 7.96. The lowest BCUT2D eigenvalue weighted by atomic mass is 9.71. The number of carbonyl (C=O) groups excluding carboxylic acids is 1. The number of ether oxygens (including phenoxy) is 2. The maximum atomic E-state index is 13.6. The van der Waals surface area contributed by atoms with E-state index in [1.165, 1.54) is 11.1 Å². The maximum Gasteiger partial charge on any atom is 0.233 e. The second kappa shape index (κ2) is 6.85. The Kier molecular flexibility index (Phi) is 4.97. The van der Waals surface area contributed by atoms with Crippen LogP contribution < -0.4 is 0 Å². The molecule has 2 heterocycles. The van der Waals surface area contributed by atoms with Crippen LogP contribution in [0.25, 0.3) is 0 Å². The highest BCUT2D eigenvalue weighted by atomic mass is 16.5. The second-order valence-corrected chi connectivity index (χ2v) is 7.73. The molecule has 0 spiro atoms. The monoisotopic (exact) mass is 331 g/mol. The van der Waals surface area contributed by atoms with Crippen LogP contribution in [0.4, 0.5) is 0 Å². The summed E-state index contributed by atoms with van der Waals surface area (Å²) < 4.78 is 11.0. The smallest absolute Gasteiger partial charge is 0.233 e. The number of amides is 1. The quantitative estimate of drug-likeness (QED) is 0.851. The van der Waals surface area contributed by atoms with Crippen molar-refractivity contribution in [3.8, 4) is 0 Å². The predicted octanol–water partition coefficient (Wildman–Crippen LogP) is 2.93. The molecule has 0 saturated carbocycles. The molecule has 0 aromatic heterocycles. The summed E-state index contributed by atoms with van der Waals surface area (Å²) in [5.74, 6) is 0.278. The molecule has 1 unspecified atom stereocenters. The largest absolute Gasteiger partial charge is 0.384 e. The van der Waals surface area contributed by atoms with Crippen molar-refractivity contribution < 1.29 is 14.3 Å². The first-order valence-electron chi connectivity index (χ1n) is 8.93. The molecule has 2 aliphatic heterocycles. The molecule has 1 aromatic rings. The number of hydrogen-bond donors (Lipinski definition) is 0. The van der Waals surface area contributed by atoms with Crippen LogP contribution in [0.3, 0.4) is 0 Å². The van der Waals surface area contributed by atoms with Crippen molar-refractivity contribution in [2.24, 2.45) is 5.41 Å². The molecule has 3 rings (SSSR count). The molecule has 132 valence electrons. The van der Waals surface area contributed by atoms with Crippen molar-refractivity contribution in [1.29, 1.82) is 0 Å². The molecule has 2 fully saturated rings. The molecule has 4 nitrogen and oxygen atoms in total. The molecular weight excluding hydrogens is 302 g/mol. The van der Waals surface area contributed by atoms with E-state index in [1.807, 2.05) is 12.1 Å². The fourth-order valence-electron chi connectivity index (χ4n) is 4.39. The highest BCUT2D eigenvalue weighted by molar-refractivity contribution is 5.89. The third-order valence-electron chi connectivity index (χ3n) is 5.75.